The topological polar surface area (TPSA) is 56.7 Å². The molecule has 1 heterocycles. The van der Waals surface area contributed by atoms with Crippen molar-refractivity contribution in [2.75, 3.05) is 26.2 Å². The van der Waals surface area contributed by atoms with Gasteiger partial charge in [-0.05, 0) is 32.1 Å². The van der Waals surface area contributed by atoms with Crippen molar-refractivity contribution in [2.24, 2.45) is 10.9 Å². The first kappa shape index (κ1) is 14.2. The fourth-order valence-electron chi connectivity index (χ4n) is 2.36. The Kier molecular flexibility index (Phi) is 5.05. The summed E-state index contributed by atoms with van der Waals surface area (Å²) in [5.74, 6) is 1.96. The van der Waals surface area contributed by atoms with Gasteiger partial charge in [0.15, 0.2) is 5.96 Å². The number of hydrogen-bond donors (Lipinski definition) is 2. The Labute approximate surface area is 115 Å². The molecule has 1 aliphatic carbocycles. The van der Waals surface area contributed by atoms with E-state index in [4.69, 9.17) is 0 Å². The Bertz CT molecular complexity index is 338. The number of guanidine groups is 1. The van der Waals surface area contributed by atoms with E-state index in [1.54, 1.807) is 0 Å². The van der Waals surface area contributed by atoms with E-state index in [0.717, 1.165) is 44.5 Å². The highest BCUT2D eigenvalue weighted by Crippen LogP contribution is 2.28. The summed E-state index contributed by atoms with van der Waals surface area (Å²) in [7, 11) is 0. The molecule has 0 aromatic rings. The van der Waals surface area contributed by atoms with Gasteiger partial charge in [0.25, 0.3) is 0 Å². The molecule has 108 valence electrons. The van der Waals surface area contributed by atoms with Crippen LogP contribution in [0.4, 0.5) is 0 Å². The van der Waals surface area contributed by atoms with Gasteiger partial charge in [-0.15, -0.1) is 0 Å². The highest BCUT2D eigenvalue weighted by molar-refractivity contribution is 5.80. The number of nitrogens with one attached hydrogen (secondary N) is 2. The molecule has 1 saturated carbocycles. The van der Waals surface area contributed by atoms with Crippen molar-refractivity contribution in [1.82, 2.24) is 15.5 Å². The molecule has 0 aromatic heterocycles. The average molecular weight is 266 g/mol. The van der Waals surface area contributed by atoms with Crippen molar-refractivity contribution in [2.45, 2.75) is 45.6 Å². The van der Waals surface area contributed by atoms with E-state index in [0.29, 0.717) is 12.5 Å². The van der Waals surface area contributed by atoms with Gasteiger partial charge in [-0.3, -0.25) is 9.79 Å². The van der Waals surface area contributed by atoms with Gasteiger partial charge in [0.1, 0.15) is 0 Å². The third kappa shape index (κ3) is 4.40. The number of likely N-dealkylation sites (tertiary alicyclic amines) is 1. The van der Waals surface area contributed by atoms with Crippen LogP contribution in [0.2, 0.25) is 0 Å². The normalized spacial score (nSPS) is 23.6. The summed E-state index contributed by atoms with van der Waals surface area (Å²) >= 11 is 0. The second-order valence-corrected chi connectivity index (χ2v) is 5.49. The second kappa shape index (κ2) is 6.78. The molecule has 5 nitrogen and oxygen atoms in total. The van der Waals surface area contributed by atoms with Crippen molar-refractivity contribution < 1.29 is 4.79 Å². The van der Waals surface area contributed by atoms with E-state index >= 15 is 0 Å². The molecule has 5 heteroatoms. The van der Waals surface area contributed by atoms with Crippen molar-refractivity contribution >= 4 is 11.9 Å². The van der Waals surface area contributed by atoms with E-state index < -0.39 is 0 Å². The van der Waals surface area contributed by atoms with Crippen LogP contribution in [0.15, 0.2) is 4.99 Å². The third-order valence-electron chi connectivity index (χ3n) is 3.73. The molecule has 0 radical (unpaired) electrons. The van der Waals surface area contributed by atoms with E-state index in [1.807, 2.05) is 11.8 Å². The number of nitrogens with zero attached hydrogens (tertiary/aromatic N) is 2. The van der Waals surface area contributed by atoms with Gasteiger partial charge in [0.2, 0.25) is 5.91 Å². The van der Waals surface area contributed by atoms with Crippen LogP contribution in [-0.4, -0.2) is 49.0 Å². The van der Waals surface area contributed by atoms with Crippen molar-refractivity contribution in [3.63, 3.8) is 0 Å². The lowest BCUT2D eigenvalue weighted by atomic mass is 10.3. The smallest absolute Gasteiger partial charge is 0.222 e. The van der Waals surface area contributed by atoms with Gasteiger partial charge < -0.3 is 15.5 Å². The molecule has 1 amide bonds. The highest BCUT2D eigenvalue weighted by Gasteiger charge is 2.26. The molecule has 1 atom stereocenters. The first-order valence-corrected chi connectivity index (χ1v) is 7.55. The summed E-state index contributed by atoms with van der Waals surface area (Å²) < 4.78 is 0. The zero-order valence-electron chi connectivity index (χ0n) is 12.1. The van der Waals surface area contributed by atoms with Crippen molar-refractivity contribution in [1.29, 1.82) is 0 Å². The number of aliphatic imine (C=N–C) groups is 1. The maximum atomic E-state index is 11.6. The molecule has 0 spiro atoms. The predicted octanol–water partition coefficient (Wildman–Crippen LogP) is 0.962. The van der Waals surface area contributed by atoms with Gasteiger partial charge >= 0.3 is 0 Å². The summed E-state index contributed by atoms with van der Waals surface area (Å²) in [6.45, 7) is 7.48. The summed E-state index contributed by atoms with van der Waals surface area (Å²) in [5, 5.41) is 6.74. The second-order valence-electron chi connectivity index (χ2n) is 5.49. The van der Waals surface area contributed by atoms with Crippen LogP contribution in [0, 0.1) is 5.92 Å². The van der Waals surface area contributed by atoms with E-state index in [-0.39, 0.29) is 5.91 Å². The van der Waals surface area contributed by atoms with Gasteiger partial charge in [0, 0.05) is 38.6 Å². The maximum absolute atomic E-state index is 11.6. The standard InChI is InChI=1S/C14H26N4O/c1-3-13(19)18-8-7-12(10-18)17-14(15-4-2)16-9-11-5-6-11/h11-12H,3-10H2,1-2H3,(H2,15,16,17). The molecule has 2 fully saturated rings. The quantitative estimate of drug-likeness (QED) is 0.576. The van der Waals surface area contributed by atoms with E-state index in [1.165, 1.54) is 12.8 Å². The Hall–Kier alpha value is -1.26. The Morgan fingerprint density at radius 1 is 1.32 bits per heavy atom. The van der Waals surface area contributed by atoms with E-state index in [9.17, 15) is 4.79 Å². The van der Waals surface area contributed by atoms with Crippen LogP contribution in [0.25, 0.3) is 0 Å². The third-order valence-corrected chi connectivity index (χ3v) is 3.73. The molecule has 1 unspecified atom stereocenters. The summed E-state index contributed by atoms with van der Waals surface area (Å²) in [5.41, 5.74) is 0. The minimum Gasteiger partial charge on any atom is -0.357 e. The minimum absolute atomic E-state index is 0.254. The van der Waals surface area contributed by atoms with Gasteiger partial charge in [0.05, 0.1) is 0 Å². The predicted molar refractivity (Wildman–Crippen MR) is 77.1 cm³/mol. The molecule has 2 rings (SSSR count). The largest absolute Gasteiger partial charge is 0.357 e. The lowest BCUT2D eigenvalue weighted by molar-refractivity contribution is -0.129. The summed E-state index contributed by atoms with van der Waals surface area (Å²) in [4.78, 5) is 18.2. The number of hydrogen-bond acceptors (Lipinski definition) is 2. The van der Waals surface area contributed by atoms with Gasteiger partial charge in [-0.2, -0.15) is 0 Å². The zero-order valence-corrected chi connectivity index (χ0v) is 12.1. The van der Waals surface area contributed by atoms with Crippen molar-refractivity contribution in [3.8, 4) is 0 Å². The zero-order chi connectivity index (χ0) is 13.7. The molecule has 2 N–H and O–H groups in total. The minimum atomic E-state index is 0.254. The molecule has 2 aliphatic rings. The summed E-state index contributed by atoms with van der Waals surface area (Å²) in [6.07, 6.45) is 4.26. The number of carbonyl (C=O) groups is 1. The SMILES string of the molecule is CCNC(=NCC1CC1)NC1CCN(C(=O)CC)C1. The molecular weight excluding hydrogens is 240 g/mol. The first-order chi connectivity index (χ1) is 9.22. The van der Waals surface area contributed by atoms with Crippen LogP contribution in [0.1, 0.15) is 39.5 Å². The Morgan fingerprint density at radius 3 is 2.74 bits per heavy atom. The fraction of sp³-hybridized carbons (Fsp3) is 0.857. The average Bonchev–Trinajstić information content (AvgIpc) is 3.13. The molecule has 19 heavy (non-hydrogen) atoms. The molecule has 0 aromatic carbocycles. The van der Waals surface area contributed by atoms with Crippen molar-refractivity contribution in [3.05, 3.63) is 0 Å². The lowest BCUT2D eigenvalue weighted by Crippen LogP contribution is -2.45. The van der Waals surface area contributed by atoms with Crippen LogP contribution in [0.3, 0.4) is 0 Å². The fourth-order valence-corrected chi connectivity index (χ4v) is 2.36. The molecule has 1 aliphatic heterocycles. The Balaban J connectivity index is 1.80. The molecule has 1 saturated heterocycles. The first-order valence-electron chi connectivity index (χ1n) is 7.55. The molecule has 0 bridgehead atoms. The highest BCUT2D eigenvalue weighted by atomic mass is 16.2. The van der Waals surface area contributed by atoms with E-state index in [2.05, 4.69) is 22.5 Å². The summed E-state index contributed by atoms with van der Waals surface area (Å²) in [6, 6.07) is 0.340. The van der Waals surface area contributed by atoms with Gasteiger partial charge in [-0.1, -0.05) is 6.92 Å². The Morgan fingerprint density at radius 2 is 2.11 bits per heavy atom. The lowest BCUT2D eigenvalue weighted by Gasteiger charge is -2.18. The van der Waals surface area contributed by atoms with Crippen LogP contribution < -0.4 is 10.6 Å². The number of carbonyl (C=O) groups excluding carboxylic acids is 1. The van der Waals surface area contributed by atoms with Crippen LogP contribution in [-0.2, 0) is 4.79 Å². The monoisotopic (exact) mass is 266 g/mol. The maximum Gasteiger partial charge on any atom is 0.222 e. The number of amides is 1. The van der Waals surface area contributed by atoms with Crippen LogP contribution >= 0.6 is 0 Å². The molecular formula is C14H26N4O. The van der Waals surface area contributed by atoms with Crippen LogP contribution in [0.5, 0.6) is 0 Å². The van der Waals surface area contributed by atoms with Gasteiger partial charge in [-0.25, -0.2) is 0 Å². The number of rotatable bonds is 5.